The predicted octanol–water partition coefficient (Wildman–Crippen LogP) is 5.57. The molecule has 29 heavy (non-hydrogen) atoms. The smallest absolute Gasteiger partial charge is 0.269 e. The molecule has 0 radical (unpaired) electrons. The molecule has 3 rings (SSSR count). The Morgan fingerprint density at radius 1 is 1.24 bits per heavy atom. The molecule has 2 unspecified atom stereocenters. The minimum absolute atomic E-state index is 0.0117. The minimum Gasteiger partial charge on any atom is -0.486 e. The first-order valence-electron chi connectivity index (χ1n) is 9.98. The van der Waals surface area contributed by atoms with E-state index in [9.17, 15) is 14.9 Å². The van der Waals surface area contributed by atoms with Crippen LogP contribution in [0.5, 0.6) is 11.5 Å². The Bertz CT molecular complexity index is 922. The fourth-order valence-corrected chi connectivity index (χ4v) is 3.93. The highest BCUT2D eigenvalue weighted by Gasteiger charge is 2.44. The molecule has 2 aromatic carbocycles. The number of unbranched alkanes of at least 4 members (excludes halogenated alkanes) is 1. The molecule has 6 nitrogen and oxygen atoms in total. The summed E-state index contributed by atoms with van der Waals surface area (Å²) in [6.07, 6.45) is 2.49. The van der Waals surface area contributed by atoms with Crippen molar-refractivity contribution in [2.45, 2.75) is 65.1 Å². The van der Waals surface area contributed by atoms with Crippen molar-refractivity contribution in [2.75, 3.05) is 0 Å². The molecular weight excluding hydrogens is 370 g/mol. The van der Waals surface area contributed by atoms with E-state index in [-0.39, 0.29) is 24.0 Å². The molecule has 0 saturated carbocycles. The van der Waals surface area contributed by atoms with E-state index < -0.39 is 10.5 Å². The van der Waals surface area contributed by atoms with Crippen molar-refractivity contribution in [1.29, 1.82) is 0 Å². The number of hydrogen-bond acceptors (Lipinski definition) is 5. The summed E-state index contributed by atoms with van der Waals surface area (Å²) in [6, 6.07) is 9.92. The Labute approximate surface area is 171 Å². The SMILES string of the molecule is CCCCC(Oc1ccc([N+](=O)[O-])cc1)C1(C)CC(=O)c2c(C)cc(C)cc2O1. The van der Waals surface area contributed by atoms with E-state index in [1.54, 1.807) is 12.1 Å². The van der Waals surface area contributed by atoms with Crippen molar-refractivity contribution < 1.29 is 19.2 Å². The van der Waals surface area contributed by atoms with E-state index in [0.29, 0.717) is 17.1 Å². The predicted molar refractivity (Wildman–Crippen MR) is 111 cm³/mol. The highest BCUT2D eigenvalue weighted by atomic mass is 16.6. The lowest BCUT2D eigenvalue weighted by molar-refractivity contribution is -0.384. The maximum absolute atomic E-state index is 13.0. The monoisotopic (exact) mass is 397 g/mol. The van der Waals surface area contributed by atoms with E-state index in [0.717, 1.165) is 30.4 Å². The number of Topliss-reactive ketones (excluding diaryl/α,β-unsaturated/α-hetero) is 1. The Morgan fingerprint density at radius 3 is 2.55 bits per heavy atom. The van der Waals surface area contributed by atoms with Crippen LogP contribution in [0.1, 0.15) is 61.0 Å². The van der Waals surface area contributed by atoms with Gasteiger partial charge in [0.1, 0.15) is 23.2 Å². The van der Waals surface area contributed by atoms with E-state index in [1.807, 2.05) is 32.9 Å². The summed E-state index contributed by atoms with van der Waals surface area (Å²) in [4.78, 5) is 23.4. The van der Waals surface area contributed by atoms with Crippen molar-refractivity contribution >= 4 is 11.5 Å². The number of benzene rings is 2. The summed E-state index contributed by atoms with van der Waals surface area (Å²) in [5.41, 5.74) is 1.81. The molecule has 0 fully saturated rings. The van der Waals surface area contributed by atoms with Crippen LogP contribution in [0.2, 0.25) is 0 Å². The first-order chi connectivity index (χ1) is 13.7. The third-order valence-corrected chi connectivity index (χ3v) is 5.40. The molecule has 0 spiro atoms. The number of ketones is 1. The largest absolute Gasteiger partial charge is 0.486 e. The zero-order chi connectivity index (χ0) is 21.2. The quantitative estimate of drug-likeness (QED) is 0.450. The van der Waals surface area contributed by atoms with Gasteiger partial charge in [0.25, 0.3) is 5.69 Å². The number of nitro benzene ring substituents is 1. The van der Waals surface area contributed by atoms with Gasteiger partial charge in [0.2, 0.25) is 0 Å². The van der Waals surface area contributed by atoms with Gasteiger partial charge in [-0.2, -0.15) is 0 Å². The van der Waals surface area contributed by atoms with Crippen molar-refractivity contribution in [3.8, 4) is 11.5 Å². The van der Waals surface area contributed by atoms with Crippen LogP contribution >= 0.6 is 0 Å². The van der Waals surface area contributed by atoms with Gasteiger partial charge in [-0.3, -0.25) is 14.9 Å². The van der Waals surface area contributed by atoms with Crippen LogP contribution in [0.25, 0.3) is 0 Å². The maximum atomic E-state index is 13.0. The second kappa shape index (κ2) is 8.23. The number of carbonyl (C=O) groups is 1. The van der Waals surface area contributed by atoms with Gasteiger partial charge in [-0.25, -0.2) is 0 Å². The Balaban J connectivity index is 1.91. The van der Waals surface area contributed by atoms with Crippen molar-refractivity contribution in [2.24, 2.45) is 0 Å². The summed E-state index contributed by atoms with van der Waals surface area (Å²) in [7, 11) is 0. The summed E-state index contributed by atoms with van der Waals surface area (Å²) in [5, 5.41) is 10.9. The second-order valence-corrected chi connectivity index (χ2v) is 7.97. The van der Waals surface area contributed by atoms with Gasteiger partial charge < -0.3 is 9.47 Å². The number of rotatable bonds is 7. The van der Waals surface area contributed by atoms with Crippen molar-refractivity contribution in [1.82, 2.24) is 0 Å². The molecule has 0 aliphatic carbocycles. The van der Waals surface area contributed by atoms with Gasteiger partial charge in [-0.1, -0.05) is 19.4 Å². The van der Waals surface area contributed by atoms with Crippen LogP contribution in [-0.4, -0.2) is 22.4 Å². The minimum atomic E-state index is -0.818. The van der Waals surface area contributed by atoms with Crippen LogP contribution in [0.4, 0.5) is 5.69 Å². The Hall–Kier alpha value is -2.89. The van der Waals surface area contributed by atoms with E-state index in [4.69, 9.17) is 9.47 Å². The average molecular weight is 397 g/mol. The van der Waals surface area contributed by atoms with Crippen LogP contribution in [-0.2, 0) is 0 Å². The topological polar surface area (TPSA) is 78.7 Å². The third kappa shape index (κ3) is 4.42. The summed E-state index contributed by atoms with van der Waals surface area (Å²) >= 11 is 0. The highest BCUT2D eigenvalue weighted by molar-refractivity contribution is 6.01. The number of ether oxygens (including phenoxy) is 2. The molecular formula is C23H27NO5. The number of nitro groups is 1. The molecule has 0 saturated heterocycles. The fourth-order valence-electron chi connectivity index (χ4n) is 3.93. The van der Waals surface area contributed by atoms with Crippen LogP contribution in [0.15, 0.2) is 36.4 Å². The van der Waals surface area contributed by atoms with E-state index >= 15 is 0 Å². The molecule has 6 heteroatoms. The average Bonchev–Trinajstić information content (AvgIpc) is 2.64. The molecule has 0 amide bonds. The van der Waals surface area contributed by atoms with Gasteiger partial charge in [-0.05, 0) is 62.9 Å². The first-order valence-corrected chi connectivity index (χ1v) is 9.98. The summed E-state index contributed by atoms with van der Waals surface area (Å²) in [5.74, 6) is 1.19. The zero-order valence-electron chi connectivity index (χ0n) is 17.4. The van der Waals surface area contributed by atoms with E-state index in [2.05, 4.69) is 6.92 Å². The van der Waals surface area contributed by atoms with Crippen LogP contribution in [0.3, 0.4) is 0 Å². The first kappa shape index (κ1) is 20.8. The number of hydrogen-bond donors (Lipinski definition) is 0. The molecule has 0 aromatic heterocycles. The number of fused-ring (bicyclic) bond motifs is 1. The van der Waals surface area contributed by atoms with Crippen LogP contribution in [0, 0.1) is 24.0 Å². The van der Waals surface area contributed by atoms with Gasteiger partial charge in [0.05, 0.1) is 16.9 Å². The van der Waals surface area contributed by atoms with Crippen LogP contribution < -0.4 is 9.47 Å². The van der Waals surface area contributed by atoms with Gasteiger partial charge in [0, 0.05) is 12.1 Å². The number of nitrogens with zero attached hydrogens (tertiary/aromatic N) is 1. The lowest BCUT2D eigenvalue weighted by Gasteiger charge is -2.41. The van der Waals surface area contributed by atoms with Gasteiger partial charge in [-0.15, -0.1) is 0 Å². The molecule has 1 aliphatic rings. The normalized spacial score (nSPS) is 19.2. The number of aryl methyl sites for hydroxylation is 2. The van der Waals surface area contributed by atoms with Crippen molar-refractivity contribution in [3.05, 3.63) is 63.2 Å². The zero-order valence-corrected chi connectivity index (χ0v) is 17.4. The maximum Gasteiger partial charge on any atom is 0.269 e. The lowest BCUT2D eigenvalue weighted by Crippen LogP contribution is -2.51. The highest BCUT2D eigenvalue weighted by Crippen LogP contribution is 2.39. The standard InChI is InChI=1S/C23H27NO5/c1-5-6-7-21(28-18-10-8-17(9-11-18)24(26)27)23(4)14-19(25)22-16(3)12-15(2)13-20(22)29-23/h8-13,21H,5-7,14H2,1-4H3. The molecule has 1 aliphatic heterocycles. The fraction of sp³-hybridized carbons (Fsp3) is 0.435. The van der Waals surface area contributed by atoms with E-state index in [1.165, 1.54) is 12.1 Å². The molecule has 2 atom stereocenters. The van der Waals surface area contributed by atoms with Gasteiger partial charge in [0.15, 0.2) is 5.78 Å². The summed E-state index contributed by atoms with van der Waals surface area (Å²) < 4.78 is 12.6. The molecule has 1 heterocycles. The van der Waals surface area contributed by atoms with Gasteiger partial charge >= 0.3 is 0 Å². The Kier molecular flexibility index (Phi) is 5.91. The second-order valence-electron chi connectivity index (χ2n) is 7.97. The van der Waals surface area contributed by atoms with Crippen molar-refractivity contribution in [3.63, 3.8) is 0 Å². The number of non-ortho nitro benzene ring substituents is 1. The number of carbonyl (C=O) groups excluding carboxylic acids is 1. The lowest BCUT2D eigenvalue weighted by atomic mass is 9.83. The Morgan fingerprint density at radius 2 is 1.93 bits per heavy atom. The summed E-state index contributed by atoms with van der Waals surface area (Å²) in [6.45, 7) is 7.92. The third-order valence-electron chi connectivity index (χ3n) is 5.40. The molecule has 0 bridgehead atoms. The molecule has 0 N–H and O–H groups in total. The molecule has 2 aromatic rings. The molecule has 154 valence electrons.